The fourth-order valence-electron chi connectivity index (χ4n) is 3.05. The molecule has 3 rings (SSSR count). The van der Waals surface area contributed by atoms with Crippen LogP contribution >= 0.6 is 0 Å². The number of para-hydroxylation sites is 1. The standard InChI is InChI=1S/C23H24N2O6S/c1-29-19-11-7-8-17(14-19)24-23(26)16-25(18-9-5-4-6-10-18)32(27,28)20-12-13-21(30-2)22(15-20)31-3/h4-15H,16H2,1-3H3,(H,24,26). The SMILES string of the molecule is COc1cccc(NC(=O)CN(c2ccccc2)S(=O)(=O)c2ccc(OC)c(OC)c2)c1. The third-order valence-corrected chi connectivity index (χ3v) is 6.40. The number of sulfonamides is 1. The molecule has 168 valence electrons. The van der Waals surface area contributed by atoms with Crippen LogP contribution in [0.2, 0.25) is 0 Å². The Morgan fingerprint density at radius 2 is 1.56 bits per heavy atom. The Morgan fingerprint density at radius 3 is 2.22 bits per heavy atom. The Labute approximate surface area is 187 Å². The van der Waals surface area contributed by atoms with Gasteiger partial charge in [-0.25, -0.2) is 8.42 Å². The number of hydrogen-bond donors (Lipinski definition) is 1. The zero-order valence-electron chi connectivity index (χ0n) is 17.9. The molecule has 0 spiro atoms. The van der Waals surface area contributed by atoms with E-state index in [0.717, 1.165) is 4.31 Å². The second-order valence-electron chi connectivity index (χ2n) is 6.64. The number of hydrogen-bond acceptors (Lipinski definition) is 6. The molecular weight excluding hydrogens is 432 g/mol. The number of amides is 1. The van der Waals surface area contributed by atoms with Crippen LogP contribution in [0.15, 0.2) is 77.7 Å². The van der Waals surface area contributed by atoms with E-state index in [0.29, 0.717) is 22.9 Å². The molecule has 8 nitrogen and oxygen atoms in total. The first kappa shape index (κ1) is 23.0. The number of nitrogens with one attached hydrogen (secondary N) is 1. The Balaban J connectivity index is 1.95. The van der Waals surface area contributed by atoms with Crippen molar-refractivity contribution in [3.05, 3.63) is 72.8 Å². The van der Waals surface area contributed by atoms with Crippen molar-refractivity contribution in [2.45, 2.75) is 4.90 Å². The summed E-state index contributed by atoms with van der Waals surface area (Å²) in [5.74, 6) is 0.725. The van der Waals surface area contributed by atoms with Crippen molar-refractivity contribution in [2.75, 3.05) is 37.5 Å². The molecule has 0 aliphatic rings. The molecule has 1 N–H and O–H groups in total. The van der Waals surface area contributed by atoms with E-state index in [-0.39, 0.29) is 10.6 Å². The highest BCUT2D eigenvalue weighted by atomic mass is 32.2. The Hall–Kier alpha value is -3.72. The van der Waals surface area contributed by atoms with Crippen molar-refractivity contribution in [3.8, 4) is 17.2 Å². The van der Waals surface area contributed by atoms with Gasteiger partial charge in [-0.1, -0.05) is 24.3 Å². The minimum absolute atomic E-state index is 0.0341. The molecule has 0 radical (unpaired) electrons. The first-order chi connectivity index (χ1) is 15.4. The maximum absolute atomic E-state index is 13.5. The second-order valence-corrected chi connectivity index (χ2v) is 8.51. The summed E-state index contributed by atoms with van der Waals surface area (Å²) in [5.41, 5.74) is 0.842. The zero-order valence-corrected chi connectivity index (χ0v) is 18.8. The summed E-state index contributed by atoms with van der Waals surface area (Å²) in [5, 5.41) is 2.71. The molecule has 1 amide bonds. The predicted octanol–water partition coefficient (Wildman–Crippen LogP) is 3.55. The van der Waals surface area contributed by atoms with E-state index in [1.54, 1.807) is 54.6 Å². The number of benzene rings is 3. The first-order valence-corrected chi connectivity index (χ1v) is 11.1. The average Bonchev–Trinajstić information content (AvgIpc) is 2.82. The summed E-state index contributed by atoms with van der Waals surface area (Å²) in [4.78, 5) is 12.8. The lowest BCUT2D eigenvalue weighted by Crippen LogP contribution is -2.38. The minimum Gasteiger partial charge on any atom is -0.497 e. The van der Waals surface area contributed by atoms with Crippen molar-refractivity contribution in [1.29, 1.82) is 0 Å². The van der Waals surface area contributed by atoms with Gasteiger partial charge in [-0.15, -0.1) is 0 Å². The van der Waals surface area contributed by atoms with Gasteiger partial charge in [0.1, 0.15) is 12.3 Å². The van der Waals surface area contributed by atoms with E-state index in [1.165, 1.54) is 39.5 Å². The van der Waals surface area contributed by atoms with E-state index >= 15 is 0 Å². The molecule has 0 aliphatic carbocycles. The van der Waals surface area contributed by atoms with Crippen molar-refractivity contribution >= 4 is 27.3 Å². The van der Waals surface area contributed by atoms with Crippen molar-refractivity contribution in [2.24, 2.45) is 0 Å². The Kier molecular flexibility index (Phi) is 7.21. The van der Waals surface area contributed by atoms with Gasteiger partial charge >= 0.3 is 0 Å². The smallest absolute Gasteiger partial charge is 0.264 e. The van der Waals surface area contributed by atoms with Crippen LogP contribution in [-0.4, -0.2) is 42.2 Å². The zero-order chi connectivity index (χ0) is 23.1. The molecule has 0 bridgehead atoms. The van der Waals surface area contributed by atoms with E-state index in [2.05, 4.69) is 5.32 Å². The van der Waals surface area contributed by atoms with Crippen LogP contribution in [0.5, 0.6) is 17.2 Å². The molecular formula is C23H24N2O6S. The van der Waals surface area contributed by atoms with Crippen LogP contribution in [0.3, 0.4) is 0 Å². The first-order valence-electron chi connectivity index (χ1n) is 9.62. The lowest BCUT2D eigenvalue weighted by atomic mass is 10.3. The molecule has 0 saturated heterocycles. The largest absolute Gasteiger partial charge is 0.497 e. The summed E-state index contributed by atoms with van der Waals surface area (Å²) in [6, 6.07) is 19.5. The van der Waals surface area contributed by atoms with Crippen molar-refractivity contribution < 1.29 is 27.4 Å². The Bertz CT molecular complexity index is 1180. The number of rotatable bonds is 9. The summed E-state index contributed by atoms with van der Waals surface area (Å²) in [6.07, 6.45) is 0. The fourth-order valence-corrected chi connectivity index (χ4v) is 4.48. The molecule has 0 unspecified atom stereocenters. The average molecular weight is 457 g/mol. The van der Waals surface area contributed by atoms with E-state index in [1.807, 2.05) is 0 Å². The maximum Gasteiger partial charge on any atom is 0.264 e. The molecule has 32 heavy (non-hydrogen) atoms. The van der Waals surface area contributed by atoms with Crippen LogP contribution < -0.4 is 23.8 Å². The molecule has 0 fully saturated rings. The second kappa shape index (κ2) is 10.1. The van der Waals surface area contributed by atoms with Crippen LogP contribution in [0.25, 0.3) is 0 Å². The van der Waals surface area contributed by atoms with Gasteiger partial charge in [0.2, 0.25) is 5.91 Å². The van der Waals surface area contributed by atoms with Gasteiger partial charge < -0.3 is 19.5 Å². The predicted molar refractivity (Wildman–Crippen MR) is 122 cm³/mol. The maximum atomic E-state index is 13.5. The molecule has 3 aromatic carbocycles. The number of methoxy groups -OCH3 is 3. The third kappa shape index (κ3) is 5.12. The Morgan fingerprint density at radius 1 is 0.844 bits per heavy atom. The van der Waals surface area contributed by atoms with Crippen molar-refractivity contribution in [1.82, 2.24) is 0 Å². The van der Waals surface area contributed by atoms with E-state index in [4.69, 9.17) is 14.2 Å². The van der Waals surface area contributed by atoms with Gasteiger partial charge in [0.15, 0.2) is 11.5 Å². The molecule has 0 saturated carbocycles. The van der Waals surface area contributed by atoms with Gasteiger partial charge in [-0.05, 0) is 36.4 Å². The monoisotopic (exact) mass is 456 g/mol. The number of carbonyl (C=O) groups excluding carboxylic acids is 1. The highest BCUT2D eigenvalue weighted by molar-refractivity contribution is 7.92. The van der Waals surface area contributed by atoms with Crippen molar-refractivity contribution in [3.63, 3.8) is 0 Å². The quantitative estimate of drug-likeness (QED) is 0.529. The molecule has 0 atom stereocenters. The lowest BCUT2D eigenvalue weighted by Gasteiger charge is -2.24. The van der Waals surface area contributed by atoms with Gasteiger partial charge in [0, 0.05) is 17.8 Å². The number of nitrogens with zero attached hydrogens (tertiary/aromatic N) is 1. The van der Waals surface area contributed by atoms with Gasteiger partial charge in [-0.2, -0.15) is 0 Å². The normalized spacial score (nSPS) is 10.8. The highest BCUT2D eigenvalue weighted by Gasteiger charge is 2.28. The molecule has 0 aliphatic heterocycles. The summed E-state index contributed by atoms with van der Waals surface area (Å²) in [6.45, 7) is -0.433. The topological polar surface area (TPSA) is 94.2 Å². The third-order valence-electron chi connectivity index (χ3n) is 4.63. The molecule has 0 heterocycles. The summed E-state index contributed by atoms with van der Waals surface area (Å²) < 4.78 is 43.7. The molecule has 0 aromatic heterocycles. The number of ether oxygens (including phenoxy) is 3. The number of anilines is 2. The summed E-state index contributed by atoms with van der Waals surface area (Å²) in [7, 11) is 0.307. The lowest BCUT2D eigenvalue weighted by molar-refractivity contribution is -0.114. The number of carbonyl (C=O) groups is 1. The van der Waals surface area contributed by atoms with Gasteiger partial charge in [0.05, 0.1) is 31.9 Å². The van der Waals surface area contributed by atoms with Crippen LogP contribution in [0.1, 0.15) is 0 Å². The van der Waals surface area contributed by atoms with E-state index in [9.17, 15) is 13.2 Å². The van der Waals surface area contributed by atoms with E-state index < -0.39 is 22.5 Å². The summed E-state index contributed by atoms with van der Waals surface area (Å²) >= 11 is 0. The van der Waals surface area contributed by atoms with Crippen LogP contribution in [0.4, 0.5) is 11.4 Å². The van der Waals surface area contributed by atoms with Crippen LogP contribution in [0, 0.1) is 0 Å². The van der Waals surface area contributed by atoms with Crippen LogP contribution in [-0.2, 0) is 14.8 Å². The molecule has 3 aromatic rings. The molecule has 9 heteroatoms. The fraction of sp³-hybridized carbons (Fsp3) is 0.174. The van der Waals surface area contributed by atoms with Gasteiger partial charge in [0.25, 0.3) is 10.0 Å². The highest BCUT2D eigenvalue weighted by Crippen LogP contribution is 2.32. The van der Waals surface area contributed by atoms with Gasteiger partial charge in [-0.3, -0.25) is 9.10 Å². The minimum atomic E-state index is -4.10.